The van der Waals surface area contributed by atoms with Gasteiger partial charge in [0, 0.05) is 7.05 Å². The number of rotatable bonds is 3. The topological polar surface area (TPSA) is 63.4 Å². The summed E-state index contributed by atoms with van der Waals surface area (Å²) in [6, 6.07) is 9.12. The molecule has 21 heavy (non-hydrogen) atoms. The van der Waals surface area contributed by atoms with E-state index in [-0.39, 0.29) is 4.90 Å². The van der Waals surface area contributed by atoms with E-state index in [2.05, 4.69) is 0 Å². The fourth-order valence-corrected chi connectivity index (χ4v) is 3.98. The monoisotopic (exact) mass is 308 g/mol. The van der Waals surface area contributed by atoms with E-state index < -0.39 is 15.8 Å². The predicted octanol–water partition coefficient (Wildman–Crippen LogP) is 2.85. The number of halogens is 1. The third kappa shape index (κ3) is 2.71. The number of anilines is 2. The lowest BCUT2D eigenvalue weighted by Crippen LogP contribution is -2.28. The van der Waals surface area contributed by atoms with Gasteiger partial charge < -0.3 is 5.73 Å². The molecule has 0 amide bonds. The molecule has 2 aromatic rings. The van der Waals surface area contributed by atoms with Crippen LogP contribution in [0.2, 0.25) is 0 Å². The smallest absolute Gasteiger partial charge is 0.264 e. The summed E-state index contributed by atoms with van der Waals surface area (Å²) in [4.78, 5) is 0.106. The van der Waals surface area contributed by atoms with Crippen molar-refractivity contribution >= 4 is 21.4 Å². The van der Waals surface area contributed by atoms with Crippen LogP contribution in [-0.4, -0.2) is 15.5 Å². The largest absolute Gasteiger partial charge is 0.397 e. The highest BCUT2D eigenvalue weighted by atomic mass is 32.2. The van der Waals surface area contributed by atoms with E-state index in [0.29, 0.717) is 22.5 Å². The van der Waals surface area contributed by atoms with Gasteiger partial charge in [-0.15, -0.1) is 0 Å². The van der Waals surface area contributed by atoms with Crippen LogP contribution in [0.3, 0.4) is 0 Å². The first-order valence-electron chi connectivity index (χ1n) is 6.35. The minimum Gasteiger partial charge on any atom is -0.397 e. The predicted molar refractivity (Wildman–Crippen MR) is 82.3 cm³/mol. The fraction of sp³-hybridized carbons (Fsp3) is 0.200. The van der Waals surface area contributed by atoms with E-state index in [9.17, 15) is 12.8 Å². The lowest BCUT2D eigenvalue weighted by molar-refractivity contribution is 0.591. The highest BCUT2D eigenvalue weighted by Gasteiger charge is 2.26. The Morgan fingerprint density at radius 1 is 1.10 bits per heavy atom. The van der Waals surface area contributed by atoms with Crippen molar-refractivity contribution in [1.82, 2.24) is 0 Å². The van der Waals surface area contributed by atoms with Crippen LogP contribution in [0.25, 0.3) is 0 Å². The second-order valence-corrected chi connectivity index (χ2v) is 6.81. The van der Waals surface area contributed by atoms with Crippen molar-refractivity contribution in [3.05, 3.63) is 53.3 Å². The van der Waals surface area contributed by atoms with Crippen molar-refractivity contribution in [2.24, 2.45) is 0 Å². The second-order valence-electron chi connectivity index (χ2n) is 4.90. The second kappa shape index (κ2) is 5.37. The number of aryl methyl sites for hydroxylation is 2. The molecule has 2 N–H and O–H groups in total. The van der Waals surface area contributed by atoms with Gasteiger partial charge in [0.15, 0.2) is 0 Å². The van der Waals surface area contributed by atoms with E-state index in [1.165, 1.54) is 19.2 Å². The Morgan fingerprint density at radius 2 is 1.62 bits per heavy atom. The van der Waals surface area contributed by atoms with E-state index in [1.54, 1.807) is 38.1 Å². The standard InChI is InChI=1S/C15H17FN2O2S/c1-10-8-12(16)9-11(2)15(10)21(19,20)18(3)14-7-5-4-6-13(14)17/h4-9H,17H2,1-3H3. The summed E-state index contributed by atoms with van der Waals surface area (Å²) >= 11 is 0. The molecule has 6 heteroatoms. The minimum atomic E-state index is -3.81. The lowest BCUT2D eigenvalue weighted by atomic mass is 10.1. The molecule has 2 rings (SSSR count). The van der Waals surface area contributed by atoms with E-state index in [4.69, 9.17) is 5.73 Å². The number of benzene rings is 2. The summed E-state index contributed by atoms with van der Waals surface area (Å²) in [5.41, 5.74) is 7.32. The Labute approximate surface area is 124 Å². The molecule has 112 valence electrons. The molecule has 0 atom stereocenters. The molecule has 0 saturated carbocycles. The maximum Gasteiger partial charge on any atom is 0.264 e. The van der Waals surface area contributed by atoms with Crippen LogP contribution < -0.4 is 10.0 Å². The summed E-state index contributed by atoms with van der Waals surface area (Å²) in [5.74, 6) is -0.453. The van der Waals surface area contributed by atoms with E-state index in [0.717, 1.165) is 4.31 Å². The Hall–Kier alpha value is -2.08. The summed E-state index contributed by atoms with van der Waals surface area (Å²) in [6.45, 7) is 3.15. The van der Waals surface area contributed by atoms with Gasteiger partial charge in [-0.25, -0.2) is 12.8 Å². The molecule has 0 radical (unpaired) electrons. The fourth-order valence-electron chi connectivity index (χ4n) is 2.35. The zero-order valence-electron chi connectivity index (χ0n) is 12.1. The molecule has 0 fully saturated rings. The molecule has 0 unspecified atom stereocenters. The zero-order chi connectivity index (χ0) is 15.8. The van der Waals surface area contributed by atoms with Gasteiger partial charge in [0.05, 0.1) is 16.3 Å². The van der Waals surface area contributed by atoms with Crippen LogP contribution in [-0.2, 0) is 10.0 Å². The first kappa shape index (κ1) is 15.3. The van der Waals surface area contributed by atoms with Crippen LogP contribution in [0, 0.1) is 19.7 Å². The Balaban J connectivity index is 2.61. The Morgan fingerprint density at radius 3 is 2.14 bits per heavy atom. The lowest BCUT2D eigenvalue weighted by Gasteiger charge is -2.23. The average molecular weight is 308 g/mol. The van der Waals surface area contributed by atoms with Crippen molar-refractivity contribution in [2.45, 2.75) is 18.7 Å². The van der Waals surface area contributed by atoms with Gasteiger partial charge in [0.1, 0.15) is 5.82 Å². The van der Waals surface area contributed by atoms with Crippen molar-refractivity contribution < 1.29 is 12.8 Å². The molecular weight excluding hydrogens is 291 g/mol. The minimum absolute atomic E-state index is 0.106. The van der Waals surface area contributed by atoms with Crippen LogP contribution in [0.5, 0.6) is 0 Å². The molecule has 0 aliphatic carbocycles. The molecule has 4 nitrogen and oxygen atoms in total. The highest BCUT2D eigenvalue weighted by molar-refractivity contribution is 7.93. The maximum absolute atomic E-state index is 13.4. The summed E-state index contributed by atoms with van der Waals surface area (Å²) in [7, 11) is -2.37. The van der Waals surface area contributed by atoms with Crippen molar-refractivity contribution in [3.8, 4) is 0 Å². The molecule has 2 aromatic carbocycles. The van der Waals surface area contributed by atoms with Gasteiger partial charge >= 0.3 is 0 Å². The molecule has 0 aliphatic rings. The Kier molecular flexibility index (Phi) is 3.91. The number of nitrogens with zero attached hydrogens (tertiary/aromatic N) is 1. The van der Waals surface area contributed by atoms with E-state index in [1.807, 2.05) is 0 Å². The quantitative estimate of drug-likeness (QED) is 0.887. The van der Waals surface area contributed by atoms with Crippen molar-refractivity contribution in [2.75, 3.05) is 17.1 Å². The Bertz CT molecular complexity index is 765. The molecule has 0 aliphatic heterocycles. The summed E-state index contributed by atoms with van der Waals surface area (Å²) in [5, 5.41) is 0. The van der Waals surface area contributed by atoms with Crippen LogP contribution >= 0.6 is 0 Å². The summed E-state index contributed by atoms with van der Waals surface area (Å²) < 4.78 is 40.0. The number of sulfonamides is 1. The molecule has 0 aromatic heterocycles. The van der Waals surface area contributed by atoms with Gasteiger partial charge in [-0.2, -0.15) is 0 Å². The van der Waals surface area contributed by atoms with Crippen molar-refractivity contribution in [3.63, 3.8) is 0 Å². The summed E-state index contributed by atoms with van der Waals surface area (Å²) in [6.07, 6.45) is 0. The number of nitrogens with two attached hydrogens (primary N) is 1. The molecule has 0 heterocycles. The molecule has 0 spiro atoms. The van der Waals surface area contributed by atoms with Gasteiger partial charge in [0.25, 0.3) is 10.0 Å². The van der Waals surface area contributed by atoms with E-state index >= 15 is 0 Å². The SMILES string of the molecule is Cc1cc(F)cc(C)c1S(=O)(=O)N(C)c1ccccc1N. The van der Waals surface area contributed by atoms with Crippen molar-refractivity contribution in [1.29, 1.82) is 0 Å². The van der Waals surface area contributed by atoms with Gasteiger partial charge in [0.2, 0.25) is 0 Å². The van der Waals surface area contributed by atoms with Crippen LogP contribution in [0.1, 0.15) is 11.1 Å². The molecule has 0 bridgehead atoms. The number of nitrogen functional groups attached to an aromatic ring is 1. The maximum atomic E-state index is 13.4. The number of para-hydroxylation sites is 2. The number of hydrogen-bond donors (Lipinski definition) is 1. The third-order valence-corrected chi connectivity index (χ3v) is 5.40. The van der Waals surface area contributed by atoms with Gasteiger partial charge in [-0.3, -0.25) is 4.31 Å². The average Bonchev–Trinajstić information content (AvgIpc) is 2.36. The molecular formula is C15H17FN2O2S. The first-order chi connectivity index (χ1) is 9.75. The number of hydrogen-bond acceptors (Lipinski definition) is 3. The normalized spacial score (nSPS) is 11.4. The molecule has 0 saturated heterocycles. The van der Waals surface area contributed by atoms with Gasteiger partial charge in [-0.1, -0.05) is 12.1 Å². The highest BCUT2D eigenvalue weighted by Crippen LogP contribution is 2.30. The van der Waals surface area contributed by atoms with Gasteiger partial charge in [-0.05, 0) is 49.2 Å². The third-order valence-electron chi connectivity index (χ3n) is 3.32. The zero-order valence-corrected chi connectivity index (χ0v) is 12.9. The first-order valence-corrected chi connectivity index (χ1v) is 7.79. The van der Waals surface area contributed by atoms with Crippen LogP contribution in [0.15, 0.2) is 41.3 Å². The van der Waals surface area contributed by atoms with Crippen LogP contribution in [0.4, 0.5) is 15.8 Å².